The van der Waals surface area contributed by atoms with Crippen molar-refractivity contribution >= 4 is 11.9 Å². The van der Waals surface area contributed by atoms with E-state index >= 15 is 0 Å². The van der Waals surface area contributed by atoms with Crippen LogP contribution in [0.25, 0.3) is 0 Å². The molecule has 0 aliphatic carbocycles. The molecule has 0 heterocycles. The van der Waals surface area contributed by atoms with Gasteiger partial charge in [-0.15, -0.1) is 0 Å². The zero-order chi connectivity index (χ0) is 14.5. The van der Waals surface area contributed by atoms with E-state index in [0.717, 1.165) is 0 Å². The maximum atomic E-state index is 11.9. The highest BCUT2D eigenvalue weighted by Gasteiger charge is 2.37. The SMILES string of the molecule is CC(C)CNC(=O)CC(C)(C(=O)O)c1ccccc1. The fourth-order valence-corrected chi connectivity index (χ4v) is 1.81. The van der Waals surface area contributed by atoms with Crippen LogP contribution in [0.15, 0.2) is 30.3 Å². The third-order valence-corrected chi connectivity index (χ3v) is 3.10. The first-order valence-corrected chi connectivity index (χ1v) is 6.42. The first-order valence-electron chi connectivity index (χ1n) is 6.42. The van der Waals surface area contributed by atoms with Crippen molar-refractivity contribution in [3.05, 3.63) is 35.9 Å². The number of nitrogens with one attached hydrogen (secondary N) is 1. The molecule has 0 saturated heterocycles. The van der Waals surface area contributed by atoms with E-state index in [2.05, 4.69) is 5.32 Å². The van der Waals surface area contributed by atoms with E-state index in [4.69, 9.17) is 0 Å². The third-order valence-electron chi connectivity index (χ3n) is 3.10. The number of hydrogen-bond acceptors (Lipinski definition) is 2. The number of aliphatic carboxylic acids is 1. The van der Waals surface area contributed by atoms with Crippen LogP contribution in [0.3, 0.4) is 0 Å². The molecule has 0 fully saturated rings. The molecule has 2 N–H and O–H groups in total. The molecule has 1 unspecified atom stereocenters. The molecule has 1 amide bonds. The summed E-state index contributed by atoms with van der Waals surface area (Å²) in [4.78, 5) is 23.4. The molecule has 0 aromatic heterocycles. The van der Waals surface area contributed by atoms with Crippen molar-refractivity contribution < 1.29 is 14.7 Å². The number of rotatable bonds is 6. The lowest BCUT2D eigenvalue weighted by Crippen LogP contribution is -2.39. The smallest absolute Gasteiger partial charge is 0.314 e. The van der Waals surface area contributed by atoms with E-state index in [0.29, 0.717) is 18.0 Å². The molecule has 0 aliphatic rings. The van der Waals surface area contributed by atoms with Gasteiger partial charge in [0.1, 0.15) is 0 Å². The zero-order valence-corrected chi connectivity index (χ0v) is 11.6. The van der Waals surface area contributed by atoms with Gasteiger partial charge in [-0.1, -0.05) is 44.2 Å². The molecule has 19 heavy (non-hydrogen) atoms. The van der Waals surface area contributed by atoms with E-state index in [1.54, 1.807) is 31.2 Å². The highest BCUT2D eigenvalue weighted by atomic mass is 16.4. The largest absolute Gasteiger partial charge is 0.481 e. The Morgan fingerprint density at radius 2 is 1.84 bits per heavy atom. The molecule has 0 saturated carbocycles. The lowest BCUT2D eigenvalue weighted by Gasteiger charge is -2.25. The molecular weight excluding hydrogens is 242 g/mol. The second kappa shape index (κ2) is 6.36. The van der Waals surface area contributed by atoms with E-state index in [1.165, 1.54) is 0 Å². The standard InChI is InChI=1S/C15H21NO3/c1-11(2)10-16-13(17)9-15(3,14(18)19)12-7-5-4-6-8-12/h4-8,11H,9-10H2,1-3H3,(H,16,17)(H,18,19). The van der Waals surface area contributed by atoms with Gasteiger partial charge in [0.25, 0.3) is 0 Å². The Hall–Kier alpha value is -1.84. The van der Waals surface area contributed by atoms with Crippen LogP contribution in [0.1, 0.15) is 32.8 Å². The number of carbonyl (C=O) groups excluding carboxylic acids is 1. The second-order valence-corrected chi connectivity index (χ2v) is 5.38. The Morgan fingerprint density at radius 3 is 2.32 bits per heavy atom. The summed E-state index contributed by atoms with van der Waals surface area (Å²) in [5.74, 6) is -0.877. The topological polar surface area (TPSA) is 66.4 Å². The summed E-state index contributed by atoms with van der Waals surface area (Å²) in [6, 6.07) is 8.86. The minimum Gasteiger partial charge on any atom is -0.481 e. The molecule has 0 spiro atoms. The van der Waals surface area contributed by atoms with Gasteiger partial charge in [-0.05, 0) is 18.4 Å². The van der Waals surface area contributed by atoms with Crippen LogP contribution in [-0.4, -0.2) is 23.5 Å². The van der Waals surface area contributed by atoms with E-state index in [1.807, 2.05) is 19.9 Å². The van der Waals surface area contributed by atoms with Crippen molar-refractivity contribution in [2.75, 3.05) is 6.54 Å². The molecular formula is C15H21NO3. The first-order chi connectivity index (χ1) is 8.86. The molecule has 1 aromatic rings. The normalized spacial score (nSPS) is 13.9. The maximum Gasteiger partial charge on any atom is 0.314 e. The number of carboxylic acids is 1. The zero-order valence-electron chi connectivity index (χ0n) is 11.6. The molecule has 4 heteroatoms. The Labute approximate surface area is 113 Å². The van der Waals surface area contributed by atoms with Gasteiger partial charge in [0, 0.05) is 13.0 Å². The van der Waals surface area contributed by atoms with E-state index in [-0.39, 0.29) is 12.3 Å². The Kier molecular flexibility index (Phi) is 5.10. The monoisotopic (exact) mass is 263 g/mol. The van der Waals surface area contributed by atoms with Gasteiger partial charge in [0.05, 0.1) is 5.41 Å². The van der Waals surface area contributed by atoms with Crippen molar-refractivity contribution in [3.63, 3.8) is 0 Å². The molecule has 4 nitrogen and oxygen atoms in total. The van der Waals surface area contributed by atoms with E-state index < -0.39 is 11.4 Å². The molecule has 0 radical (unpaired) electrons. The van der Waals surface area contributed by atoms with Gasteiger partial charge >= 0.3 is 5.97 Å². The first kappa shape index (κ1) is 15.2. The van der Waals surface area contributed by atoms with Crippen LogP contribution in [-0.2, 0) is 15.0 Å². The fraction of sp³-hybridized carbons (Fsp3) is 0.467. The third kappa shape index (κ3) is 4.09. The molecule has 1 aromatic carbocycles. The van der Waals surface area contributed by atoms with Crippen molar-refractivity contribution in [2.45, 2.75) is 32.6 Å². The highest BCUT2D eigenvalue weighted by molar-refractivity contribution is 5.89. The van der Waals surface area contributed by atoms with Crippen molar-refractivity contribution in [1.82, 2.24) is 5.32 Å². The van der Waals surface area contributed by atoms with Crippen molar-refractivity contribution in [3.8, 4) is 0 Å². The molecule has 0 aliphatic heterocycles. The van der Waals surface area contributed by atoms with Gasteiger partial charge in [-0.25, -0.2) is 0 Å². The molecule has 0 bridgehead atoms. The average Bonchev–Trinajstić information content (AvgIpc) is 2.37. The molecule has 104 valence electrons. The minimum atomic E-state index is -1.19. The Balaban J connectivity index is 2.84. The van der Waals surface area contributed by atoms with Crippen LogP contribution in [0, 0.1) is 5.92 Å². The Morgan fingerprint density at radius 1 is 1.26 bits per heavy atom. The van der Waals surface area contributed by atoms with Crippen molar-refractivity contribution in [1.29, 1.82) is 0 Å². The highest BCUT2D eigenvalue weighted by Crippen LogP contribution is 2.27. The van der Waals surface area contributed by atoms with Crippen LogP contribution in [0.2, 0.25) is 0 Å². The summed E-state index contributed by atoms with van der Waals surface area (Å²) in [6.45, 7) is 6.13. The molecule has 1 atom stereocenters. The van der Waals surface area contributed by atoms with Crippen LogP contribution < -0.4 is 5.32 Å². The summed E-state index contributed by atoms with van der Waals surface area (Å²) in [6.07, 6.45) is -0.0565. The summed E-state index contributed by atoms with van der Waals surface area (Å²) in [5.41, 5.74) is -0.551. The fourth-order valence-electron chi connectivity index (χ4n) is 1.81. The van der Waals surface area contributed by atoms with Gasteiger partial charge < -0.3 is 10.4 Å². The summed E-state index contributed by atoms with van der Waals surface area (Å²) >= 11 is 0. The van der Waals surface area contributed by atoms with Crippen molar-refractivity contribution in [2.24, 2.45) is 5.92 Å². The van der Waals surface area contributed by atoms with Gasteiger partial charge in [-0.3, -0.25) is 9.59 Å². The average molecular weight is 263 g/mol. The summed E-state index contributed by atoms with van der Waals surface area (Å²) in [7, 11) is 0. The number of carboxylic acid groups (broad SMARTS) is 1. The lowest BCUT2D eigenvalue weighted by molar-refractivity contribution is -0.145. The number of carbonyl (C=O) groups is 2. The van der Waals surface area contributed by atoms with Crippen LogP contribution in [0.4, 0.5) is 0 Å². The predicted molar refractivity (Wildman–Crippen MR) is 73.9 cm³/mol. The van der Waals surface area contributed by atoms with E-state index in [9.17, 15) is 14.7 Å². The summed E-state index contributed by atoms with van der Waals surface area (Å²) in [5, 5.41) is 12.2. The maximum absolute atomic E-state index is 11.9. The quantitative estimate of drug-likeness (QED) is 0.826. The van der Waals surface area contributed by atoms with Crippen LogP contribution >= 0.6 is 0 Å². The van der Waals surface area contributed by atoms with Gasteiger partial charge in [-0.2, -0.15) is 0 Å². The van der Waals surface area contributed by atoms with Gasteiger partial charge in [0.2, 0.25) is 5.91 Å². The number of amides is 1. The minimum absolute atomic E-state index is 0.0565. The lowest BCUT2D eigenvalue weighted by atomic mass is 9.79. The number of hydrogen-bond donors (Lipinski definition) is 2. The number of benzene rings is 1. The predicted octanol–water partition coefficient (Wildman–Crippen LogP) is 2.19. The van der Waals surface area contributed by atoms with Gasteiger partial charge in [0.15, 0.2) is 0 Å². The molecule has 1 rings (SSSR count). The second-order valence-electron chi connectivity index (χ2n) is 5.38. The van der Waals surface area contributed by atoms with Crippen LogP contribution in [0.5, 0.6) is 0 Å². The summed E-state index contributed by atoms with van der Waals surface area (Å²) < 4.78 is 0. The Bertz CT molecular complexity index is 442.